The lowest BCUT2D eigenvalue weighted by Crippen LogP contribution is -2.29. The number of anilines is 2. The average molecular weight is 568 g/mol. The Kier molecular flexibility index (Phi) is 6.90. The highest BCUT2D eigenvalue weighted by Crippen LogP contribution is 2.40. The second-order valence-corrected chi connectivity index (χ2v) is 9.84. The topological polar surface area (TPSA) is 113 Å². The lowest BCUT2D eigenvalue weighted by Gasteiger charge is -2.19. The third kappa shape index (κ3) is 4.92. The molecule has 0 spiro atoms. The van der Waals surface area contributed by atoms with Gasteiger partial charge in [-0.15, -0.1) is 0 Å². The van der Waals surface area contributed by atoms with Crippen LogP contribution in [-0.4, -0.2) is 52.1 Å². The molecule has 1 aliphatic rings. The maximum atomic E-state index is 11.3. The molecule has 4 aromatic rings. The van der Waals surface area contributed by atoms with E-state index in [1.807, 2.05) is 54.6 Å². The van der Waals surface area contributed by atoms with Gasteiger partial charge in [-0.2, -0.15) is 4.37 Å². The van der Waals surface area contributed by atoms with E-state index in [1.54, 1.807) is 0 Å². The van der Waals surface area contributed by atoms with Gasteiger partial charge >= 0.3 is 5.97 Å². The first-order valence-corrected chi connectivity index (χ1v) is 12.8. The van der Waals surface area contributed by atoms with Crippen LogP contribution >= 0.6 is 27.5 Å². The number of carbonyl (C=O) groups is 1. The molecule has 1 aromatic heterocycles. The van der Waals surface area contributed by atoms with Crippen molar-refractivity contribution >= 4 is 61.2 Å². The van der Waals surface area contributed by atoms with Crippen molar-refractivity contribution in [2.24, 2.45) is 4.99 Å². The first kappa shape index (κ1) is 24.2. The summed E-state index contributed by atoms with van der Waals surface area (Å²) in [7, 11) is 0. The summed E-state index contributed by atoms with van der Waals surface area (Å²) in [6.07, 6.45) is 0.378. The van der Waals surface area contributed by atoms with E-state index >= 15 is 0 Å². The van der Waals surface area contributed by atoms with Crippen molar-refractivity contribution in [2.45, 2.75) is 19.1 Å². The highest BCUT2D eigenvalue weighted by atomic mass is 79.9. The Bertz CT molecular complexity index is 1470. The Morgan fingerprint density at radius 1 is 1.17 bits per heavy atom. The molecule has 10 heteroatoms. The zero-order chi connectivity index (χ0) is 25.2. The van der Waals surface area contributed by atoms with Gasteiger partial charge in [0.2, 0.25) is 0 Å². The number of carboxylic acids is 1. The van der Waals surface area contributed by atoms with Gasteiger partial charge < -0.3 is 25.0 Å². The Labute approximate surface area is 219 Å². The van der Waals surface area contributed by atoms with Gasteiger partial charge in [-0.3, -0.25) is 4.99 Å². The van der Waals surface area contributed by atoms with Gasteiger partial charge in [-0.1, -0.05) is 24.3 Å². The third-order valence-electron chi connectivity index (χ3n) is 5.70. The van der Waals surface area contributed by atoms with Crippen LogP contribution in [0.1, 0.15) is 12.5 Å². The number of nitrogens with one attached hydrogen (secondary N) is 1. The van der Waals surface area contributed by atoms with Gasteiger partial charge in [0.25, 0.3) is 0 Å². The molecule has 2 heterocycles. The van der Waals surface area contributed by atoms with Crippen molar-refractivity contribution in [3.63, 3.8) is 0 Å². The molecular weight excluding hydrogens is 546 g/mol. The number of aromatic nitrogens is 1. The lowest BCUT2D eigenvalue weighted by molar-refractivity contribution is -0.140. The lowest BCUT2D eigenvalue weighted by atomic mass is 10.0. The second kappa shape index (κ2) is 10.3. The van der Waals surface area contributed by atoms with E-state index in [2.05, 4.69) is 30.6 Å². The molecule has 2 unspecified atom stereocenters. The van der Waals surface area contributed by atoms with Gasteiger partial charge in [0, 0.05) is 16.1 Å². The molecule has 0 amide bonds. The predicted molar refractivity (Wildman–Crippen MR) is 144 cm³/mol. The van der Waals surface area contributed by atoms with E-state index in [-0.39, 0.29) is 0 Å². The number of carboxylic acid groups (broad SMARTS) is 1. The predicted octanol–water partition coefficient (Wildman–Crippen LogP) is 5.49. The average Bonchev–Trinajstić information content (AvgIpc) is 3.26. The SMILES string of the molecule is CC(O)C(N=Cc1ccc2c(Nc3cccc(-c4ccc5c(c4)OCCO5)c3Br)nsc2c1)C(=O)O. The van der Waals surface area contributed by atoms with E-state index in [1.165, 1.54) is 24.7 Å². The number of aliphatic carboxylic acids is 1. The van der Waals surface area contributed by atoms with Crippen LogP contribution in [0.2, 0.25) is 0 Å². The number of halogens is 1. The number of aliphatic hydroxyl groups is 1. The molecule has 3 N–H and O–H groups in total. The Morgan fingerprint density at radius 3 is 2.75 bits per heavy atom. The monoisotopic (exact) mass is 567 g/mol. The zero-order valence-electron chi connectivity index (χ0n) is 19.1. The van der Waals surface area contributed by atoms with Crippen LogP contribution in [0.4, 0.5) is 11.5 Å². The molecule has 8 nitrogen and oxygen atoms in total. The molecule has 0 saturated carbocycles. The molecule has 0 radical (unpaired) electrons. The summed E-state index contributed by atoms with van der Waals surface area (Å²) in [6, 6.07) is 16.3. The fraction of sp³-hybridized carbons (Fsp3) is 0.192. The number of benzene rings is 3. The summed E-state index contributed by atoms with van der Waals surface area (Å²) >= 11 is 5.08. The van der Waals surface area contributed by atoms with Crippen molar-refractivity contribution in [3.8, 4) is 22.6 Å². The van der Waals surface area contributed by atoms with E-state index in [0.29, 0.717) is 19.0 Å². The summed E-state index contributed by atoms with van der Waals surface area (Å²) in [5.41, 5.74) is 3.59. The maximum Gasteiger partial charge on any atom is 0.331 e. The number of aliphatic imine (C=N–C) groups is 1. The quantitative estimate of drug-likeness (QED) is 0.253. The fourth-order valence-electron chi connectivity index (χ4n) is 3.88. The second-order valence-electron chi connectivity index (χ2n) is 8.24. The number of hydrogen-bond donors (Lipinski definition) is 3. The van der Waals surface area contributed by atoms with Gasteiger partial charge in [0.1, 0.15) is 13.2 Å². The van der Waals surface area contributed by atoms with Crippen LogP contribution in [0.25, 0.3) is 21.2 Å². The molecule has 0 aliphatic carbocycles. The number of nitrogens with zero attached hydrogens (tertiary/aromatic N) is 2. The number of aliphatic hydroxyl groups excluding tert-OH is 1. The standard InChI is InChI=1S/C26H22BrN3O5S/c1-14(31)24(26(32)33)28-13-15-5-7-18-22(11-15)36-30-25(18)29-19-4-2-3-17(23(19)27)16-6-8-20-21(12-16)35-10-9-34-20/h2-8,11-14,24,31H,9-10H2,1H3,(H,29,30)(H,32,33). The molecule has 0 bridgehead atoms. The minimum absolute atomic E-state index is 0.532. The van der Waals surface area contributed by atoms with Crippen LogP contribution in [0.3, 0.4) is 0 Å². The van der Waals surface area contributed by atoms with Crippen molar-refractivity contribution in [1.29, 1.82) is 0 Å². The van der Waals surface area contributed by atoms with Crippen LogP contribution < -0.4 is 14.8 Å². The van der Waals surface area contributed by atoms with Crippen molar-refractivity contribution < 1.29 is 24.5 Å². The molecule has 3 aromatic carbocycles. The minimum Gasteiger partial charge on any atom is -0.486 e. The zero-order valence-corrected chi connectivity index (χ0v) is 21.5. The Balaban J connectivity index is 1.40. The first-order chi connectivity index (χ1) is 17.4. The summed E-state index contributed by atoms with van der Waals surface area (Å²) in [5, 5.41) is 23.2. The minimum atomic E-state index is -1.21. The summed E-state index contributed by atoms with van der Waals surface area (Å²) in [5.74, 6) is 1.02. The van der Waals surface area contributed by atoms with Gasteiger partial charge in [-0.25, -0.2) is 4.79 Å². The normalized spacial score (nSPS) is 14.6. The number of rotatable bonds is 7. The van der Waals surface area contributed by atoms with Crippen molar-refractivity contribution in [3.05, 3.63) is 64.6 Å². The van der Waals surface area contributed by atoms with Crippen molar-refractivity contribution in [1.82, 2.24) is 4.37 Å². The van der Waals surface area contributed by atoms with Crippen molar-refractivity contribution in [2.75, 3.05) is 18.5 Å². The van der Waals surface area contributed by atoms with E-state index in [9.17, 15) is 15.0 Å². The van der Waals surface area contributed by atoms with E-state index in [4.69, 9.17) is 9.47 Å². The highest BCUT2D eigenvalue weighted by Gasteiger charge is 2.21. The number of fused-ring (bicyclic) bond motifs is 2. The summed E-state index contributed by atoms with van der Waals surface area (Å²) in [4.78, 5) is 15.3. The van der Waals surface area contributed by atoms with Gasteiger partial charge in [0.15, 0.2) is 23.4 Å². The van der Waals surface area contributed by atoms with E-state index < -0.39 is 18.1 Å². The summed E-state index contributed by atoms with van der Waals surface area (Å²) in [6.45, 7) is 2.49. The first-order valence-electron chi connectivity index (χ1n) is 11.2. The molecule has 0 saturated heterocycles. The maximum absolute atomic E-state index is 11.3. The van der Waals surface area contributed by atoms with Crippen LogP contribution in [-0.2, 0) is 4.79 Å². The fourth-order valence-corrected chi connectivity index (χ4v) is 5.25. The third-order valence-corrected chi connectivity index (χ3v) is 7.36. The largest absolute Gasteiger partial charge is 0.486 e. The molecule has 36 heavy (non-hydrogen) atoms. The van der Waals surface area contributed by atoms with Crippen LogP contribution in [0, 0.1) is 0 Å². The molecule has 5 rings (SSSR count). The van der Waals surface area contributed by atoms with Gasteiger partial charge in [0.05, 0.1) is 16.5 Å². The van der Waals surface area contributed by atoms with Gasteiger partial charge in [-0.05, 0) is 81.4 Å². The molecule has 0 fully saturated rings. The smallest absolute Gasteiger partial charge is 0.331 e. The number of hydrogen-bond acceptors (Lipinski definition) is 8. The van der Waals surface area contributed by atoms with E-state index in [0.717, 1.165) is 48.4 Å². The molecule has 184 valence electrons. The van der Waals surface area contributed by atoms with Crippen LogP contribution in [0.5, 0.6) is 11.5 Å². The molecule has 1 aliphatic heterocycles. The Morgan fingerprint density at radius 2 is 1.97 bits per heavy atom. The van der Waals surface area contributed by atoms with Crippen LogP contribution in [0.15, 0.2) is 64.1 Å². The highest BCUT2D eigenvalue weighted by molar-refractivity contribution is 9.10. The number of ether oxygens (including phenoxy) is 2. The Hall–Kier alpha value is -3.47. The molecule has 2 atom stereocenters. The molecular formula is C26H22BrN3O5S. The summed E-state index contributed by atoms with van der Waals surface area (Å²) < 4.78 is 17.8.